The fraction of sp³-hybridized carbons (Fsp3) is 0.643. The lowest BCUT2D eigenvalue weighted by Gasteiger charge is -2.29. The van der Waals surface area contributed by atoms with Crippen LogP contribution in [0, 0.1) is 0 Å². The zero-order chi connectivity index (χ0) is 14.0. The maximum atomic E-state index is 12.7. The van der Waals surface area contributed by atoms with Crippen molar-refractivity contribution in [2.45, 2.75) is 44.9 Å². The number of carbonyl (C=O) groups is 1. The molecule has 3 unspecified atom stereocenters. The number of nitrogens with zero attached hydrogens (tertiary/aromatic N) is 1. The summed E-state index contributed by atoms with van der Waals surface area (Å²) in [5, 5.41) is 7.63. The number of rotatable bonds is 5. The lowest BCUT2D eigenvalue weighted by Crippen LogP contribution is -2.45. The topological polar surface area (TPSA) is 41.6 Å². The second-order valence-electron chi connectivity index (χ2n) is 5.31. The minimum atomic E-state index is -0.478. The molecule has 3 atom stereocenters. The highest BCUT2D eigenvalue weighted by atomic mass is 32.1. The summed E-state index contributed by atoms with van der Waals surface area (Å²) in [7, 11) is 1.67. The third-order valence-electron chi connectivity index (χ3n) is 3.89. The van der Waals surface area contributed by atoms with E-state index < -0.39 is 5.54 Å². The molecule has 0 radical (unpaired) electrons. The highest BCUT2D eigenvalue weighted by molar-refractivity contribution is 7.07. The Bertz CT molecular complexity index is 435. The third-order valence-corrected chi connectivity index (χ3v) is 4.59. The summed E-state index contributed by atoms with van der Waals surface area (Å²) >= 11 is 1.65. The second kappa shape index (κ2) is 5.61. The van der Waals surface area contributed by atoms with Crippen LogP contribution >= 0.6 is 11.3 Å². The lowest BCUT2D eigenvalue weighted by molar-refractivity contribution is -0.135. The number of hydrogen-bond donors (Lipinski definition) is 1. The first-order valence-corrected chi connectivity index (χ1v) is 7.59. The van der Waals surface area contributed by atoms with Crippen LogP contribution < -0.4 is 5.32 Å². The van der Waals surface area contributed by atoms with Crippen molar-refractivity contribution in [2.75, 3.05) is 13.7 Å². The fourth-order valence-corrected chi connectivity index (χ4v) is 3.22. The van der Waals surface area contributed by atoms with Crippen molar-refractivity contribution in [3.8, 4) is 0 Å². The molecule has 0 bridgehead atoms. The van der Waals surface area contributed by atoms with E-state index in [0.29, 0.717) is 6.61 Å². The van der Waals surface area contributed by atoms with Gasteiger partial charge < -0.3 is 9.64 Å². The van der Waals surface area contributed by atoms with Crippen molar-refractivity contribution in [3.63, 3.8) is 0 Å². The molecule has 2 rings (SSSR count). The first-order valence-electron chi connectivity index (χ1n) is 6.65. The molecule has 1 aliphatic rings. The number of hydrogen-bond acceptors (Lipinski definition) is 4. The van der Waals surface area contributed by atoms with Gasteiger partial charge in [0.1, 0.15) is 6.17 Å². The minimum Gasteiger partial charge on any atom is -0.383 e. The first-order chi connectivity index (χ1) is 9.03. The molecule has 19 heavy (non-hydrogen) atoms. The van der Waals surface area contributed by atoms with Crippen molar-refractivity contribution < 1.29 is 9.53 Å². The van der Waals surface area contributed by atoms with E-state index in [0.717, 1.165) is 12.0 Å². The summed E-state index contributed by atoms with van der Waals surface area (Å²) in [6, 6.07) is 2.13. The molecule has 106 valence electrons. The van der Waals surface area contributed by atoms with Crippen molar-refractivity contribution >= 4 is 17.2 Å². The maximum absolute atomic E-state index is 12.7. The summed E-state index contributed by atoms with van der Waals surface area (Å²) < 4.78 is 5.21. The number of ether oxygens (including phenoxy) is 1. The van der Waals surface area contributed by atoms with E-state index in [1.165, 1.54) is 0 Å². The second-order valence-corrected chi connectivity index (χ2v) is 6.09. The zero-order valence-corrected chi connectivity index (χ0v) is 12.8. The van der Waals surface area contributed by atoms with Crippen molar-refractivity contribution in [2.24, 2.45) is 0 Å². The Balaban J connectivity index is 2.32. The van der Waals surface area contributed by atoms with Crippen molar-refractivity contribution in [1.82, 2.24) is 10.2 Å². The quantitative estimate of drug-likeness (QED) is 0.901. The van der Waals surface area contributed by atoms with E-state index in [9.17, 15) is 4.79 Å². The molecular weight excluding hydrogens is 260 g/mol. The average Bonchev–Trinajstić information content (AvgIpc) is 2.98. The Kier molecular flexibility index (Phi) is 4.28. The van der Waals surface area contributed by atoms with Crippen molar-refractivity contribution in [1.29, 1.82) is 0 Å². The number of carbonyl (C=O) groups excluding carboxylic acids is 1. The largest absolute Gasteiger partial charge is 0.383 e. The van der Waals surface area contributed by atoms with Crippen LogP contribution in [0.3, 0.4) is 0 Å². The molecule has 5 heteroatoms. The zero-order valence-electron chi connectivity index (χ0n) is 12.0. The molecule has 1 aromatic heterocycles. The monoisotopic (exact) mass is 282 g/mol. The van der Waals surface area contributed by atoms with Crippen LogP contribution in [0.4, 0.5) is 0 Å². The molecule has 1 saturated heterocycles. The predicted molar refractivity (Wildman–Crippen MR) is 77.1 cm³/mol. The molecule has 0 spiro atoms. The molecule has 1 aliphatic heterocycles. The molecular formula is C14H22N2O2S. The minimum absolute atomic E-state index is 0.0474. The highest BCUT2D eigenvalue weighted by Gasteiger charge is 2.48. The summed E-state index contributed by atoms with van der Waals surface area (Å²) in [5.41, 5.74) is 0.674. The van der Waals surface area contributed by atoms with Crippen LogP contribution in [0.5, 0.6) is 0 Å². The molecule has 0 saturated carbocycles. The van der Waals surface area contributed by atoms with Gasteiger partial charge in [-0.25, -0.2) is 0 Å². The van der Waals surface area contributed by atoms with E-state index in [1.807, 2.05) is 31.1 Å². The molecule has 1 aromatic rings. The molecule has 1 N–H and O–H groups in total. The van der Waals surface area contributed by atoms with E-state index >= 15 is 0 Å². The van der Waals surface area contributed by atoms with E-state index in [1.54, 1.807) is 18.4 Å². The predicted octanol–water partition coefficient (Wildman–Crippen LogP) is 2.38. The van der Waals surface area contributed by atoms with Crippen molar-refractivity contribution in [3.05, 3.63) is 22.4 Å². The SMILES string of the molecule is CCC1(C)NC(c2ccsc2)N(C(C)COC)C1=O. The molecule has 2 heterocycles. The molecule has 1 fully saturated rings. The summed E-state index contributed by atoms with van der Waals surface area (Å²) in [5.74, 6) is 0.163. The van der Waals surface area contributed by atoms with Gasteiger partial charge in [0.05, 0.1) is 18.2 Å². The molecule has 1 amide bonds. The summed E-state index contributed by atoms with van der Waals surface area (Å²) in [6.07, 6.45) is 0.733. The van der Waals surface area contributed by atoms with E-state index in [2.05, 4.69) is 16.8 Å². The summed E-state index contributed by atoms with van der Waals surface area (Å²) in [4.78, 5) is 14.6. The highest BCUT2D eigenvalue weighted by Crippen LogP contribution is 2.34. The van der Waals surface area contributed by atoms with Crippen LogP contribution in [-0.4, -0.2) is 36.1 Å². The van der Waals surface area contributed by atoms with Crippen LogP contribution in [0.25, 0.3) is 0 Å². The molecule has 0 aromatic carbocycles. The average molecular weight is 282 g/mol. The Morgan fingerprint density at radius 2 is 2.37 bits per heavy atom. The van der Waals surface area contributed by atoms with E-state index in [4.69, 9.17) is 4.74 Å². The standard InChI is InChI=1S/C14H22N2O2S/c1-5-14(3)13(17)16(10(2)8-18-4)12(15-14)11-6-7-19-9-11/h6-7,9-10,12,15H,5,8H2,1-4H3. The van der Waals surface area contributed by atoms with Gasteiger partial charge in [0.2, 0.25) is 5.91 Å². The number of thiophene rings is 1. The Hall–Kier alpha value is -0.910. The lowest BCUT2D eigenvalue weighted by atomic mass is 9.99. The van der Waals surface area contributed by atoms with Gasteiger partial charge in [0.25, 0.3) is 0 Å². The number of amides is 1. The van der Waals surface area contributed by atoms with Gasteiger partial charge in [-0.05, 0) is 42.7 Å². The number of methoxy groups -OCH3 is 1. The summed E-state index contributed by atoms with van der Waals surface area (Å²) in [6.45, 7) is 6.60. The Morgan fingerprint density at radius 1 is 1.63 bits per heavy atom. The van der Waals surface area contributed by atoms with Gasteiger partial charge in [-0.2, -0.15) is 11.3 Å². The first kappa shape index (κ1) is 14.5. The third kappa shape index (κ3) is 2.55. The van der Waals surface area contributed by atoms with Gasteiger partial charge in [0, 0.05) is 7.11 Å². The maximum Gasteiger partial charge on any atom is 0.244 e. The Morgan fingerprint density at radius 3 is 2.89 bits per heavy atom. The van der Waals surface area contributed by atoms with Gasteiger partial charge in [0.15, 0.2) is 0 Å². The fourth-order valence-electron chi connectivity index (χ4n) is 2.54. The van der Waals surface area contributed by atoms with Crippen LogP contribution in [-0.2, 0) is 9.53 Å². The van der Waals surface area contributed by atoms with Crippen LogP contribution in [0.2, 0.25) is 0 Å². The van der Waals surface area contributed by atoms with Crippen LogP contribution in [0.15, 0.2) is 16.8 Å². The molecule has 4 nitrogen and oxygen atoms in total. The van der Waals surface area contributed by atoms with Gasteiger partial charge >= 0.3 is 0 Å². The van der Waals surface area contributed by atoms with E-state index in [-0.39, 0.29) is 18.1 Å². The normalized spacial score (nSPS) is 28.9. The number of nitrogens with one attached hydrogen (secondary N) is 1. The van der Waals surface area contributed by atoms with Gasteiger partial charge in [-0.1, -0.05) is 6.92 Å². The Labute approximate surface area is 118 Å². The smallest absolute Gasteiger partial charge is 0.244 e. The van der Waals surface area contributed by atoms with Gasteiger partial charge in [-0.15, -0.1) is 0 Å². The van der Waals surface area contributed by atoms with Crippen LogP contribution in [0.1, 0.15) is 38.9 Å². The van der Waals surface area contributed by atoms with Gasteiger partial charge in [-0.3, -0.25) is 10.1 Å². The molecule has 0 aliphatic carbocycles.